The van der Waals surface area contributed by atoms with Crippen LogP contribution in [0.5, 0.6) is 0 Å². The lowest BCUT2D eigenvalue weighted by atomic mass is 9.85. The maximum absolute atomic E-state index is 11.8. The van der Waals surface area contributed by atoms with Crippen LogP contribution in [-0.2, 0) is 9.53 Å². The van der Waals surface area contributed by atoms with E-state index in [4.69, 9.17) is 4.74 Å². The van der Waals surface area contributed by atoms with Gasteiger partial charge in [-0.1, -0.05) is 6.42 Å². The molecular formula is C15H22N2O2. The van der Waals surface area contributed by atoms with Crippen LogP contribution in [0.1, 0.15) is 38.2 Å². The van der Waals surface area contributed by atoms with E-state index < -0.39 is 0 Å². The highest BCUT2D eigenvalue weighted by atomic mass is 16.5. The first-order valence-corrected chi connectivity index (χ1v) is 7.04. The lowest BCUT2D eigenvalue weighted by molar-refractivity contribution is -0.149. The normalized spacial score (nSPS) is 22.8. The summed E-state index contributed by atoms with van der Waals surface area (Å²) in [7, 11) is 0. The van der Waals surface area contributed by atoms with Crippen molar-refractivity contribution in [3.63, 3.8) is 0 Å². The average Bonchev–Trinajstić information content (AvgIpc) is 2.42. The summed E-state index contributed by atoms with van der Waals surface area (Å²) in [5.74, 6) is 0.0000798. The molecule has 1 aliphatic rings. The van der Waals surface area contributed by atoms with Crippen LogP contribution < -0.4 is 5.32 Å². The smallest absolute Gasteiger partial charge is 0.308 e. The summed E-state index contributed by atoms with van der Waals surface area (Å²) in [6, 6.07) is 2.33. The molecule has 0 amide bonds. The Morgan fingerprint density at radius 3 is 3.11 bits per heavy atom. The number of hydrogen-bond donors (Lipinski definition) is 1. The number of aryl methyl sites for hydroxylation is 1. The molecule has 0 spiro atoms. The number of hydrogen-bond acceptors (Lipinski definition) is 4. The van der Waals surface area contributed by atoms with E-state index in [0.717, 1.165) is 31.4 Å². The molecule has 4 nitrogen and oxygen atoms in total. The molecule has 1 aromatic rings. The first kappa shape index (κ1) is 13.8. The van der Waals surface area contributed by atoms with Crippen molar-refractivity contribution in [2.75, 3.05) is 11.9 Å². The number of aromatic nitrogens is 1. The van der Waals surface area contributed by atoms with E-state index in [-0.39, 0.29) is 11.9 Å². The fraction of sp³-hybridized carbons (Fsp3) is 0.600. The van der Waals surface area contributed by atoms with Crippen LogP contribution in [0.15, 0.2) is 18.5 Å². The van der Waals surface area contributed by atoms with Crippen LogP contribution >= 0.6 is 0 Å². The fourth-order valence-electron chi connectivity index (χ4n) is 2.63. The summed E-state index contributed by atoms with van der Waals surface area (Å²) in [5.41, 5.74) is 2.25. The first-order chi connectivity index (χ1) is 9.20. The van der Waals surface area contributed by atoms with E-state index in [1.54, 1.807) is 6.20 Å². The summed E-state index contributed by atoms with van der Waals surface area (Å²) >= 11 is 0. The zero-order valence-corrected chi connectivity index (χ0v) is 11.7. The Hall–Kier alpha value is -1.58. The highest BCUT2D eigenvalue weighted by Crippen LogP contribution is 2.28. The minimum Gasteiger partial charge on any atom is -0.466 e. The predicted molar refractivity (Wildman–Crippen MR) is 75.0 cm³/mol. The van der Waals surface area contributed by atoms with Crippen molar-refractivity contribution < 1.29 is 9.53 Å². The molecule has 1 saturated carbocycles. The van der Waals surface area contributed by atoms with Crippen LogP contribution in [0.25, 0.3) is 0 Å². The van der Waals surface area contributed by atoms with Crippen LogP contribution in [0.2, 0.25) is 0 Å². The molecule has 4 heteroatoms. The van der Waals surface area contributed by atoms with Crippen LogP contribution in [0.4, 0.5) is 5.69 Å². The van der Waals surface area contributed by atoms with Gasteiger partial charge in [0.25, 0.3) is 0 Å². The molecule has 1 fully saturated rings. The van der Waals surface area contributed by atoms with Gasteiger partial charge in [-0.2, -0.15) is 0 Å². The molecule has 2 atom stereocenters. The monoisotopic (exact) mass is 262 g/mol. The molecule has 1 N–H and O–H groups in total. The van der Waals surface area contributed by atoms with Gasteiger partial charge >= 0.3 is 5.97 Å². The SMILES string of the molecule is CCOC(=O)C1CCCC(Nc2cnccc2C)C1. The second-order valence-electron chi connectivity index (χ2n) is 5.15. The van der Waals surface area contributed by atoms with Crippen molar-refractivity contribution in [2.24, 2.45) is 5.92 Å². The summed E-state index contributed by atoms with van der Waals surface area (Å²) in [4.78, 5) is 15.9. The molecule has 1 aromatic heterocycles. The second kappa shape index (κ2) is 6.55. The number of nitrogens with zero attached hydrogens (tertiary/aromatic N) is 1. The Morgan fingerprint density at radius 1 is 1.53 bits per heavy atom. The van der Waals surface area contributed by atoms with Crippen molar-refractivity contribution in [3.05, 3.63) is 24.0 Å². The van der Waals surface area contributed by atoms with Crippen molar-refractivity contribution in [3.8, 4) is 0 Å². The molecular weight excluding hydrogens is 240 g/mol. The molecule has 0 saturated heterocycles. The molecule has 0 bridgehead atoms. The molecule has 2 unspecified atom stereocenters. The van der Waals surface area contributed by atoms with Gasteiger partial charge in [0.1, 0.15) is 0 Å². The number of pyridine rings is 1. The van der Waals surface area contributed by atoms with Gasteiger partial charge in [-0.15, -0.1) is 0 Å². The molecule has 1 heterocycles. The number of rotatable bonds is 4. The Labute approximate surface area is 114 Å². The zero-order chi connectivity index (χ0) is 13.7. The standard InChI is InChI=1S/C15H22N2O2/c1-3-19-15(18)12-5-4-6-13(9-12)17-14-10-16-8-7-11(14)2/h7-8,10,12-13,17H,3-6,9H2,1-2H3. The van der Waals surface area contributed by atoms with Gasteiger partial charge in [0.05, 0.1) is 24.4 Å². The van der Waals surface area contributed by atoms with E-state index in [2.05, 4.69) is 17.2 Å². The number of anilines is 1. The maximum atomic E-state index is 11.8. The Balaban J connectivity index is 1.94. The summed E-state index contributed by atoms with van der Waals surface area (Å²) < 4.78 is 5.12. The van der Waals surface area contributed by atoms with E-state index in [9.17, 15) is 4.79 Å². The lowest BCUT2D eigenvalue weighted by Crippen LogP contribution is -2.32. The molecule has 1 aliphatic carbocycles. The highest BCUT2D eigenvalue weighted by Gasteiger charge is 2.28. The topological polar surface area (TPSA) is 51.2 Å². The molecule has 2 rings (SSSR count). The predicted octanol–water partition coefficient (Wildman–Crippen LogP) is 2.92. The second-order valence-corrected chi connectivity index (χ2v) is 5.15. The summed E-state index contributed by atoms with van der Waals surface area (Å²) in [6.07, 6.45) is 7.62. The van der Waals surface area contributed by atoms with Gasteiger partial charge in [-0.05, 0) is 44.7 Å². The first-order valence-electron chi connectivity index (χ1n) is 7.04. The van der Waals surface area contributed by atoms with Gasteiger partial charge in [0.15, 0.2) is 0 Å². The van der Waals surface area contributed by atoms with Crippen molar-refractivity contribution in [1.82, 2.24) is 4.98 Å². The van der Waals surface area contributed by atoms with Gasteiger partial charge in [-0.25, -0.2) is 0 Å². The third-order valence-corrected chi connectivity index (χ3v) is 3.69. The molecule has 0 aromatic carbocycles. The summed E-state index contributed by atoms with van der Waals surface area (Å²) in [5, 5.41) is 3.51. The van der Waals surface area contributed by atoms with Crippen LogP contribution in [-0.4, -0.2) is 23.6 Å². The van der Waals surface area contributed by atoms with Crippen molar-refractivity contribution >= 4 is 11.7 Å². The van der Waals surface area contributed by atoms with Crippen molar-refractivity contribution in [1.29, 1.82) is 0 Å². The fourth-order valence-corrected chi connectivity index (χ4v) is 2.63. The molecule has 19 heavy (non-hydrogen) atoms. The Bertz CT molecular complexity index is 434. The van der Waals surface area contributed by atoms with E-state index in [0.29, 0.717) is 12.6 Å². The van der Waals surface area contributed by atoms with E-state index >= 15 is 0 Å². The number of esters is 1. The number of carbonyl (C=O) groups is 1. The number of carbonyl (C=O) groups excluding carboxylic acids is 1. The van der Waals surface area contributed by atoms with Gasteiger partial charge in [0.2, 0.25) is 0 Å². The van der Waals surface area contributed by atoms with Gasteiger partial charge in [0, 0.05) is 12.2 Å². The lowest BCUT2D eigenvalue weighted by Gasteiger charge is -2.29. The molecule has 0 radical (unpaired) electrons. The largest absolute Gasteiger partial charge is 0.466 e. The van der Waals surface area contributed by atoms with Gasteiger partial charge < -0.3 is 10.1 Å². The zero-order valence-electron chi connectivity index (χ0n) is 11.7. The quantitative estimate of drug-likeness (QED) is 0.848. The molecule has 0 aliphatic heterocycles. The Kier molecular flexibility index (Phi) is 4.77. The minimum absolute atomic E-state index is 0.0445. The Morgan fingerprint density at radius 2 is 2.37 bits per heavy atom. The van der Waals surface area contributed by atoms with Crippen LogP contribution in [0.3, 0.4) is 0 Å². The van der Waals surface area contributed by atoms with Crippen molar-refractivity contribution in [2.45, 2.75) is 45.6 Å². The maximum Gasteiger partial charge on any atom is 0.308 e. The highest BCUT2D eigenvalue weighted by molar-refractivity contribution is 5.72. The molecule has 104 valence electrons. The third-order valence-electron chi connectivity index (χ3n) is 3.69. The third kappa shape index (κ3) is 3.69. The average molecular weight is 262 g/mol. The van der Waals surface area contributed by atoms with Gasteiger partial charge in [-0.3, -0.25) is 9.78 Å². The van der Waals surface area contributed by atoms with E-state index in [1.807, 2.05) is 19.2 Å². The van der Waals surface area contributed by atoms with Crippen LogP contribution in [0, 0.1) is 12.8 Å². The number of ether oxygens (including phenoxy) is 1. The number of nitrogens with one attached hydrogen (secondary N) is 1. The van der Waals surface area contributed by atoms with E-state index in [1.165, 1.54) is 5.56 Å². The summed E-state index contributed by atoms with van der Waals surface area (Å²) in [6.45, 7) is 4.39. The minimum atomic E-state index is -0.0445.